The molecule has 1 fully saturated rings. The minimum absolute atomic E-state index is 0.182. The average molecular weight is 281 g/mol. The first-order valence-electron chi connectivity index (χ1n) is 5.76. The van der Waals surface area contributed by atoms with Crippen molar-refractivity contribution in [2.45, 2.75) is 51.6 Å². The summed E-state index contributed by atoms with van der Waals surface area (Å²) >= 11 is 0. The highest BCUT2D eigenvalue weighted by Crippen LogP contribution is 2.24. The number of carbonyl (C=O) groups excluding carboxylic acids is 1. The molecule has 1 N–H and O–H groups in total. The van der Waals surface area contributed by atoms with Crippen LogP contribution in [0.2, 0.25) is 0 Å². The van der Waals surface area contributed by atoms with Crippen molar-refractivity contribution in [3.8, 4) is 0 Å². The van der Waals surface area contributed by atoms with Crippen molar-refractivity contribution in [2.75, 3.05) is 6.54 Å². The molecule has 1 rings (SSSR count). The lowest BCUT2D eigenvalue weighted by Gasteiger charge is -2.26. The summed E-state index contributed by atoms with van der Waals surface area (Å²) in [6, 6.07) is -1.21. The molecule has 1 aliphatic heterocycles. The second kappa shape index (κ2) is 5.68. The molecule has 0 bridgehead atoms. The van der Waals surface area contributed by atoms with Crippen LogP contribution in [-0.2, 0) is 14.3 Å². The van der Waals surface area contributed by atoms with E-state index in [1.54, 1.807) is 20.8 Å². The largest absolute Gasteiger partial charge is 0.480 e. The van der Waals surface area contributed by atoms with Gasteiger partial charge in [-0.15, -0.1) is 0 Å². The summed E-state index contributed by atoms with van der Waals surface area (Å²) in [6.45, 7) is 1.66. The van der Waals surface area contributed by atoms with Crippen LogP contribution >= 0.6 is 0 Å². The molecule has 6 nitrogen and oxygen atoms in total. The monoisotopic (exact) mass is 281 g/mol. The highest BCUT2D eigenvalue weighted by atomic mass is 19.3. The predicted octanol–water partition coefficient (Wildman–Crippen LogP) is 1.69. The standard InChI is InChI=1S/C11H17F2NO5/c1-11(2,3)19-10(17)14-5-6(18-9(12)13)4-7(14)8(15)16/h6-7,9H,4-5H2,1-3H3,(H,15,16)/t6-,7-/m1/s1. The molecular weight excluding hydrogens is 264 g/mol. The van der Waals surface area contributed by atoms with Gasteiger partial charge in [0.15, 0.2) is 0 Å². The Labute approximate surface area is 109 Å². The minimum atomic E-state index is -3.00. The molecule has 0 aromatic rings. The van der Waals surface area contributed by atoms with E-state index in [1.165, 1.54) is 0 Å². The zero-order chi connectivity index (χ0) is 14.8. The highest BCUT2D eigenvalue weighted by molar-refractivity contribution is 5.81. The summed E-state index contributed by atoms with van der Waals surface area (Å²) in [5, 5.41) is 8.99. The Morgan fingerprint density at radius 1 is 1.37 bits per heavy atom. The van der Waals surface area contributed by atoms with Crippen LogP contribution in [0.1, 0.15) is 27.2 Å². The van der Waals surface area contributed by atoms with Crippen LogP contribution in [0.4, 0.5) is 13.6 Å². The number of nitrogens with zero attached hydrogens (tertiary/aromatic N) is 1. The number of carboxylic acid groups (broad SMARTS) is 1. The lowest BCUT2D eigenvalue weighted by molar-refractivity contribution is -0.159. The number of likely N-dealkylation sites (tertiary alicyclic amines) is 1. The van der Waals surface area contributed by atoms with Crippen LogP contribution in [0.3, 0.4) is 0 Å². The van der Waals surface area contributed by atoms with Crippen molar-refractivity contribution in [3.63, 3.8) is 0 Å². The number of aliphatic carboxylic acids is 1. The maximum atomic E-state index is 12.1. The first-order chi connectivity index (χ1) is 8.60. The molecule has 1 amide bonds. The molecule has 110 valence electrons. The SMILES string of the molecule is CC(C)(C)OC(=O)N1C[C@H](OC(F)F)C[C@@H]1C(=O)O. The fourth-order valence-corrected chi connectivity index (χ4v) is 1.80. The van der Waals surface area contributed by atoms with Gasteiger partial charge in [-0.25, -0.2) is 9.59 Å². The van der Waals surface area contributed by atoms with Gasteiger partial charge in [-0.05, 0) is 20.8 Å². The minimum Gasteiger partial charge on any atom is -0.480 e. The Hall–Kier alpha value is -1.44. The molecule has 0 unspecified atom stereocenters. The molecule has 0 radical (unpaired) electrons. The zero-order valence-electron chi connectivity index (χ0n) is 10.9. The summed E-state index contributed by atoms with van der Waals surface area (Å²) in [4.78, 5) is 23.7. The van der Waals surface area contributed by atoms with Crippen molar-refractivity contribution in [2.24, 2.45) is 0 Å². The normalized spacial score (nSPS) is 23.8. The summed E-state index contributed by atoms with van der Waals surface area (Å²) in [7, 11) is 0. The molecule has 0 spiro atoms. The number of halogens is 2. The Bertz CT molecular complexity index is 355. The first kappa shape index (κ1) is 15.6. The number of carbonyl (C=O) groups is 2. The van der Waals surface area contributed by atoms with Crippen molar-refractivity contribution in [1.29, 1.82) is 0 Å². The number of ether oxygens (including phenoxy) is 2. The Balaban J connectivity index is 2.74. The maximum absolute atomic E-state index is 12.1. The first-order valence-corrected chi connectivity index (χ1v) is 5.76. The highest BCUT2D eigenvalue weighted by Gasteiger charge is 2.42. The predicted molar refractivity (Wildman–Crippen MR) is 59.9 cm³/mol. The lowest BCUT2D eigenvalue weighted by atomic mass is 10.2. The third kappa shape index (κ3) is 4.62. The molecule has 1 heterocycles. The smallest absolute Gasteiger partial charge is 0.411 e. The summed E-state index contributed by atoms with van der Waals surface area (Å²) in [5.41, 5.74) is -0.790. The number of amides is 1. The number of carboxylic acids is 1. The van der Waals surface area contributed by atoms with Gasteiger partial charge in [0.25, 0.3) is 0 Å². The van der Waals surface area contributed by atoms with Gasteiger partial charge in [-0.2, -0.15) is 8.78 Å². The maximum Gasteiger partial charge on any atom is 0.411 e. The van der Waals surface area contributed by atoms with E-state index < -0.39 is 36.4 Å². The number of hydrogen-bond acceptors (Lipinski definition) is 4. The third-order valence-corrected chi connectivity index (χ3v) is 2.47. The van der Waals surface area contributed by atoms with Gasteiger partial charge in [0.1, 0.15) is 11.6 Å². The summed E-state index contributed by atoms with van der Waals surface area (Å²) in [5.74, 6) is -1.27. The van der Waals surface area contributed by atoms with Crippen LogP contribution in [0, 0.1) is 0 Å². The average Bonchev–Trinajstić information content (AvgIpc) is 2.57. The molecule has 0 aliphatic carbocycles. The fourth-order valence-electron chi connectivity index (χ4n) is 1.80. The van der Waals surface area contributed by atoms with Gasteiger partial charge in [0, 0.05) is 6.42 Å². The lowest BCUT2D eigenvalue weighted by Crippen LogP contribution is -2.43. The molecule has 0 saturated carbocycles. The van der Waals surface area contributed by atoms with E-state index in [1.807, 2.05) is 0 Å². The van der Waals surface area contributed by atoms with E-state index in [-0.39, 0.29) is 13.0 Å². The van der Waals surface area contributed by atoms with Crippen molar-refractivity contribution < 1.29 is 33.0 Å². The van der Waals surface area contributed by atoms with Gasteiger partial charge in [-0.1, -0.05) is 0 Å². The van der Waals surface area contributed by atoms with E-state index >= 15 is 0 Å². The van der Waals surface area contributed by atoms with Gasteiger partial charge in [0.05, 0.1) is 12.6 Å². The van der Waals surface area contributed by atoms with E-state index in [4.69, 9.17) is 9.84 Å². The van der Waals surface area contributed by atoms with Gasteiger partial charge < -0.3 is 14.6 Å². The van der Waals surface area contributed by atoms with E-state index in [0.29, 0.717) is 0 Å². The molecule has 0 aromatic carbocycles. The molecule has 1 aliphatic rings. The van der Waals surface area contributed by atoms with Crippen LogP contribution in [0.5, 0.6) is 0 Å². The zero-order valence-corrected chi connectivity index (χ0v) is 10.9. The second-order valence-electron chi connectivity index (χ2n) is 5.24. The fraction of sp³-hybridized carbons (Fsp3) is 0.818. The van der Waals surface area contributed by atoms with E-state index in [2.05, 4.69) is 4.74 Å². The Morgan fingerprint density at radius 3 is 2.37 bits per heavy atom. The van der Waals surface area contributed by atoms with Gasteiger partial charge in [-0.3, -0.25) is 4.90 Å². The number of rotatable bonds is 3. The van der Waals surface area contributed by atoms with Gasteiger partial charge in [0.2, 0.25) is 0 Å². The second-order valence-corrected chi connectivity index (χ2v) is 5.24. The van der Waals surface area contributed by atoms with Crippen molar-refractivity contribution in [1.82, 2.24) is 4.90 Å². The number of hydrogen-bond donors (Lipinski definition) is 1. The van der Waals surface area contributed by atoms with Gasteiger partial charge >= 0.3 is 18.7 Å². The molecule has 19 heavy (non-hydrogen) atoms. The summed E-state index contributed by atoms with van der Waals surface area (Å²) in [6.07, 6.45) is -2.03. The molecule has 8 heteroatoms. The van der Waals surface area contributed by atoms with Crippen molar-refractivity contribution >= 4 is 12.1 Å². The third-order valence-electron chi connectivity index (χ3n) is 2.47. The van der Waals surface area contributed by atoms with Crippen LogP contribution in [0.25, 0.3) is 0 Å². The molecule has 2 atom stereocenters. The van der Waals surface area contributed by atoms with Crippen LogP contribution in [0.15, 0.2) is 0 Å². The van der Waals surface area contributed by atoms with Crippen molar-refractivity contribution in [3.05, 3.63) is 0 Å². The molecular formula is C11H17F2NO5. The molecule has 1 saturated heterocycles. The molecule has 0 aromatic heterocycles. The van der Waals surface area contributed by atoms with E-state index in [0.717, 1.165) is 4.90 Å². The topological polar surface area (TPSA) is 76.1 Å². The van der Waals surface area contributed by atoms with Crippen LogP contribution < -0.4 is 0 Å². The van der Waals surface area contributed by atoms with Crippen LogP contribution in [-0.4, -0.2) is 53.0 Å². The quantitative estimate of drug-likeness (QED) is 0.852. The number of alkyl halides is 2. The van der Waals surface area contributed by atoms with E-state index in [9.17, 15) is 18.4 Å². The Morgan fingerprint density at radius 2 is 1.95 bits per heavy atom. The Kier molecular flexibility index (Phi) is 4.67. The summed E-state index contributed by atoms with van der Waals surface area (Å²) < 4.78 is 33.5.